The molecule has 0 aliphatic heterocycles. The van der Waals surface area contributed by atoms with E-state index in [2.05, 4.69) is 4.98 Å². The Hall–Kier alpha value is -2.09. The van der Waals surface area contributed by atoms with Crippen LogP contribution in [0.2, 0.25) is 10.0 Å². The number of benzene rings is 1. The number of H-pyrrole nitrogens is 1. The number of hydrogen-bond donors (Lipinski definition) is 2. The van der Waals surface area contributed by atoms with Gasteiger partial charge in [0.25, 0.3) is 5.56 Å². The van der Waals surface area contributed by atoms with E-state index >= 15 is 0 Å². The predicted octanol–water partition coefficient (Wildman–Crippen LogP) is 1.59. The predicted molar refractivity (Wildman–Crippen MR) is 87.0 cm³/mol. The summed E-state index contributed by atoms with van der Waals surface area (Å²) >= 11 is 11.9. The number of aromatic carboxylic acids is 1. The van der Waals surface area contributed by atoms with Gasteiger partial charge in [-0.1, -0.05) is 23.2 Å². The highest BCUT2D eigenvalue weighted by Gasteiger charge is 2.21. The van der Waals surface area contributed by atoms with E-state index in [0.29, 0.717) is 5.02 Å². The van der Waals surface area contributed by atoms with Gasteiger partial charge >= 0.3 is 11.7 Å². The van der Waals surface area contributed by atoms with Gasteiger partial charge in [-0.2, -0.15) is 0 Å². The third-order valence-electron chi connectivity index (χ3n) is 3.04. The first kappa shape index (κ1) is 17.3. The van der Waals surface area contributed by atoms with Crippen molar-refractivity contribution in [3.63, 3.8) is 0 Å². The average Bonchev–Trinajstić information content (AvgIpc) is 2.43. The SMILES string of the molecule is CN(C)Cc1c(C(=O)O)[nH]c(=O)n(-c2ccc(Cl)cc2Cl)c1=O. The molecule has 0 atom stereocenters. The molecule has 0 radical (unpaired) electrons. The summed E-state index contributed by atoms with van der Waals surface area (Å²) in [6, 6.07) is 4.29. The molecule has 1 heterocycles. The maximum atomic E-state index is 12.6. The minimum atomic E-state index is -1.38. The summed E-state index contributed by atoms with van der Waals surface area (Å²) < 4.78 is 0.796. The average molecular weight is 358 g/mol. The Morgan fingerprint density at radius 1 is 1.30 bits per heavy atom. The topological polar surface area (TPSA) is 95.4 Å². The summed E-state index contributed by atoms with van der Waals surface area (Å²) in [5, 5.41) is 9.65. The molecule has 0 amide bonds. The van der Waals surface area contributed by atoms with Crippen LogP contribution in [0.25, 0.3) is 5.69 Å². The zero-order valence-corrected chi connectivity index (χ0v) is 13.8. The minimum Gasteiger partial charge on any atom is -0.477 e. The van der Waals surface area contributed by atoms with Gasteiger partial charge in [0, 0.05) is 11.6 Å². The number of carbonyl (C=O) groups is 1. The van der Waals surface area contributed by atoms with Gasteiger partial charge in [-0.3, -0.25) is 4.79 Å². The van der Waals surface area contributed by atoms with E-state index in [0.717, 1.165) is 4.57 Å². The van der Waals surface area contributed by atoms with Crippen molar-refractivity contribution in [2.75, 3.05) is 14.1 Å². The summed E-state index contributed by atoms with van der Waals surface area (Å²) in [7, 11) is 3.35. The number of rotatable bonds is 4. The molecule has 9 heteroatoms. The lowest BCUT2D eigenvalue weighted by Crippen LogP contribution is -2.40. The zero-order valence-electron chi connectivity index (χ0n) is 12.3. The maximum Gasteiger partial charge on any atom is 0.352 e. The molecule has 0 bridgehead atoms. The minimum absolute atomic E-state index is 0.0441. The highest BCUT2D eigenvalue weighted by Crippen LogP contribution is 2.22. The molecule has 23 heavy (non-hydrogen) atoms. The summed E-state index contributed by atoms with van der Waals surface area (Å²) in [5.74, 6) is -1.38. The van der Waals surface area contributed by atoms with Crippen molar-refractivity contribution in [2.24, 2.45) is 0 Å². The van der Waals surface area contributed by atoms with Crippen LogP contribution < -0.4 is 11.2 Å². The molecular weight excluding hydrogens is 345 g/mol. The second-order valence-corrected chi connectivity index (χ2v) is 5.91. The molecule has 0 spiro atoms. The monoisotopic (exact) mass is 357 g/mol. The smallest absolute Gasteiger partial charge is 0.352 e. The number of halogens is 2. The van der Waals surface area contributed by atoms with E-state index in [1.165, 1.54) is 18.2 Å². The lowest BCUT2D eigenvalue weighted by atomic mass is 10.2. The number of aromatic nitrogens is 2. The van der Waals surface area contributed by atoms with Crippen molar-refractivity contribution in [3.8, 4) is 5.69 Å². The molecule has 2 aromatic rings. The van der Waals surface area contributed by atoms with E-state index in [1.807, 2.05) is 0 Å². The van der Waals surface area contributed by atoms with E-state index in [9.17, 15) is 19.5 Å². The molecule has 2 N–H and O–H groups in total. The van der Waals surface area contributed by atoms with Crippen molar-refractivity contribution in [1.29, 1.82) is 0 Å². The highest BCUT2D eigenvalue weighted by atomic mass is 35.5. The van der Waals surface area contributed by atoms with Gasteiger partial charge < -0.3 is 15.0 Å². The molecule has 1 aromatic carbocycles. The maximum absolute atomic E-state index is 12.6. The van der Waals surface area contributed by atoms with Crippen molar-refractivity contribution >= 4 is 29.2 Å². The van der Waals surface area contributed by atoms with Crippen molar-refractivity contribution < 1.29 is 9.90 Å². The zero-order chi connectivity index (χ0) is 17.3. The fourth-order valence-electron chi connectivity index (χ4n) is 2.10. The van der Waals surface area contributed by atoms with E-state index in [-0.39, 0.29) is 22.8 Å². The van der Waals surface area contributed by atoms with Gasteiger partial charge in [0.05, 0.1) is 16.3 Å². The summed E-state index contributed by atoms with van der Waals surface area (Å²) in [4.78, 5) is 40.0. The molecule has 0 saturated carbocycles. The van der Waals surface area contributed by atoms with Crippen LogP contribution in [0.1, 0.15) is 16.1 Å². The van der Waals surface area contributed by atoms with Gasteiger partial charge in [0.1, 0.15) is 5.69 Å². The molecule has 7 nitrogen and oxygen atoms in total. The van der Waals surface area contributed by atoms with Crippen LogP contribution in [-0.4, -0.2) is 39.6 Å². The van der Waals surface area contributed by atoms with Gasteiger partial charge in [0.15, 0.2) is 0 Å². The van der Waals surface area contributed by atoms with E-state index < -0.39 is 22.9 Å². The molecule has 122 valence electrons. The highest BCUT2D eigenvalue weighted by molar-refractivity contribution is 6.35. The number of aromatic amines is 1. The van der Waals surface area contributed by atoms with Gasteiger partial charge in [0.2, 0.25) is 0 Å². The van der Waals surface area contributed by atoms with Crippen LogP contribution in [-0.2, 0) is 6.54 Å². The summed E-state index contributed by atoms with van der Waals surface area (Å²) in [6.07, 6.45) is 0. The molecule has 0 fully saturated rings. The largest absolute Gasteiger partial charge is 0.477 e. The second kappa shape index (κ2) is 6.57. The Morgan fingerprint density at radius 3 is 2.48 bits per heavy atom. The lowest BCUT2D eigenvalue weighted by Gasteiger charge is -2.14. The fourth-order valence-corrected chi connectivity index (χ4v) is 2.59. The molecule has 0 saturated heterocycles. The number of nitrogens with zero attached hydrogens (tertiary/aromatic N) is 2. The fraction of sp³-hybridized carbons (Fsp3) is 0.214. The Morgan fingerprint density at radius 2 is 1.96 bits per heavy atom. The standard InChI is InChI=1S/C14H13Cl2N3O4/c1-18(2)6-8-11(13(21)22)17-14(23)19(12(8)20)10-4-3-7(15)5-9(10)16/h3-5H,6H2,1-2H3,(H,17,23)(H,21,22). The first-order chi connectivity index (χ1) is 10.7. The van der Waals surface area contributed by atoms with Gasteiger partial charge in [-0.25, -0.2) is 14.2 Å². The van der Waals surface area contributed by atoms with Crippen LogP contribution in [0.15, 0.2) is 27.8 Å². The first-order valence-corrected chi connectivity index (χ1v) is 7.19. The van der Waals surface area contributed by atoms with Crippen molar-refractivity contribution in [2.45, 2.75) is 6.54 Å². The lowest BCUT2D eigenvalue weighted by molar-refractivity contribution is 0.0687. The van der Waals surface area contributed by atoms with Crippen LogP contribution in [0.4, 0.5) is 0 Å². The van der Waals surface area contributed by atoms with Gasteiger partial charge in [-0.05, 0) is 32.3 Å². The third kappa shape index (κ3) is 3.47. The molecule has 0 aliphatic rings. The van der Waals surface area contributed by atoms with E-state index in [4.69, 9.17) is 23.2 Å². The molecule has 0 unspecified atom stereocenters. The van der Waals surface area contributed by atoms with Crippen LogP contribution in [0.5, 0.6) is 0 Å². The molecule has 0 aliphatic carbocycles. The number of carboxylic acid groups (broad SMARTS) is 1. The van der Waals surface area contributed by atoms with Crippen molar-refractivity contribution in [3.05, 3.63) is 60.3 Å². The van der Waals surface area contributed by atoms with Crippen LogP contribution in [0.3, 0.4) is 0 Å². The Bertz CT molecular complexity index is 887. The third-order valence-corrected chi connectivity index (χ3v) is 3.57. The molecule has 2 rings (SSSR count). The molecule has 1 aromatic heterocycles. The molecular formula is C14H13Cl2N3O4. The second-order valence-electron chi connectivity index (χ2n) is 5.06. The number of carboxylic acids is 1. The Balaban J connectivity index is 2.82. The quantitative estimate of drug-likeness (QED) is 0.866. The summed E-state index contributed by atoms with van der Waals surface area (Å²) in [5.41, 5.74) is -1.99. The van der Waals surface area contributed by atoms with E-state index in [1.54, 1.807) is 19.0 Å². The van der Waals surface area contributed by atoms with Crippen LogP contribution in [0, 0.1) is 0 Å². The number of nitrogens with one attached hydrogen (secondary N) is 1. The Kier molecular flexibility index (Phi) is 4.93. The van der Waals surface area contributed by atoms with Gasteiger partial charge in [-0.15, -0.1) is 0 Å². The number of hydrogen-bond acceptors (Lipinski definition) is 4. The van der Waals surface area contributed by atoms with Crippen molar-refractivity contribution in [1.82, 2.24) is 14.5 Å². The Labute approximate surface area is 140 Å². The van der Waals surface area contributed by atoms with Crippen LogP contribution >= 0.6 is 23.2 Å². The normalized spacial score (nSPS) is 11.0. The summed E-state index contributed by atoms with van der Waals surface area (Å²) in [6.45, 7) is 0.0441. The first-order valence-electron chi connectivity index (χ1n) is 6.44.